The van der Waals surface area contributed by atoms with E-state index in [9.17, 15) is 0 Å². The van der Waals surface area contributed by atoms with Crippen LogP contribution in [0.25, 0.3) is 11.4 Å². The van der Waals surface area contributed by atoms with Crippen molar-refractivity contribution in [1.29, 1.82) is 0 Å². The molecule has 0 radical (unpaired) electrons. The van der Waals surface area contributed by atoms with Gasteiger partial charge in [-0.25, -0.2) is 15.0 Å². The molecule has 0 bridgehead atoms. The van der Waals surface area contributed by atoms with Gasteiger partial charge in [-0.3, -0.25) is 0 Å². The molecule has 0 fully saturated rings. The Kier molecular flexibility index (Phi) is 6.51. The molecular weight excluding hydrogens is 495 g/mol. The predicted molar refractivity (Wildman–Crippen MR) is 98.2 cm³/mol. The lowest BCUT2D eigenvalue weighted by Crippen LogP contribution is -2.11. The molecule has 4 nitrogen and oxygen atoms in total. The Morgan fingerprint density at radius 2 is 1.57 bits per heavy atom. The van der Waals surface area contributed by atoms with Crippen LogP contribution in [0.3, 0.4) is 0 Å². The van der Waals surface area contributed by atoms with Gasteiger partial charge in [-0.05, 0) is 28.1 Å². The van der Waals surface area contributed by atoms with Crippen molar-refractivity contribution < 1.29 is 4.74 Å². The van der Waals surface area contributed by atoms with Gasteiger partial charge in [-0.2, -0.15) is 0 Å². The molecular formula is C12H6BrCl6N3O. The number of alkyl halides is 7. The molecule has 0 spiro atoms. The first-order chi connectivity index (χ1) is 10.6. The zero-order chi connectivity index (χ0) is 17.3. The highest BCUT2D eigenvalue weighted by Gasteiger charge is 2.34. The fourth-order valence-electron chi connectivity index (χ4n) is 1.77. The maximum absolute atomic E-state index is 6.07. The molecule has 1 heterocycles. The van der Waals surface area contributed by atoms with Crippen LogP contribution in [0.15, 0.2) is 24.8 Å². The van der Waals surface area contributed by atoms with Gasteiger partial charge in [0.25, 0.3) is 0 Å². The zero-order valence-electron chi connectivity index (χ0n) is 10.9. The maximum atomic E-state index is 6.07. The van der Waals surface area contributed by atoms with E-state index in [0.717, 1.165) is 0 Å². The number of hydrogen-bond donors (Lipinski definition) is 0. The van der Waals surface area contributed by atoms with Gasteiger partial charge in [0.05, 0.1) is 5.56 Å². The van der Waals surface area contributed by atoms with E-state index in [1.807, 2.05) is 0 Å². The topological polar surface area (TPSA) is 47.9 Å². The van der Waals surface area contributed by atoms with Crippen LogP contribution in [0.1, 0.15) is 11.1 Å². The van der Waals surface area contributed by atoms with Crippen LogP contribution in [0.2, 0.25) is 0 Å². The number of nitrogens with zero attached hydrogens (tertiary/aromatic N) is 3. The van der Waals surface area contributed by atoms with E-state index >= 15 is 0 Å². The summed E-state index contributed by atoms with van der Waals surface area (Å²) in [7, 11) is 0. The van der Waals surface area contributed by atoms with Crippen molar-refractivity contribution in [3.8, 4) is 17.1 Å². The van der Waals surface area contributed by atoms with Crippen molar-refractivity contribution in [2.24, 2.45) is 0 Å². The van der Waals surface area contributed by atoms with Gasteiger partial charge in [-0.15, -0.1) is 0 Å². The van der Waals surface area contributed by atoms with Gasteiger partial charge in [0.15, 0.2) is 5.82 Å². The molecule has 2 rings (SSSR count). The monoisotopic (exact) mass is 497 g/mol. The van der Waals surface area contributed by atoms with Crippen LogP contribution < -0.4 is 4.74 Å². The molecule has 1 aromatic carbocycles. The predicted octanol–water partition coefficient (Wildman–Crippen LogP) is 5.92. The molecule has 0 unspecified atom stereocenters. The van der Waals surface area contributed by atoms with Crippen LogP contribution >= 0.6 is 85.5 Å². The van der Waals surface area contributed by atoms with E-state index in [4.69, 9.17) is 74.3 Å². The summed E-state index contributed by atoms with van der Waals surface area (Å²) in [6.07, 6.45) is 2.62. The Morgan fingerprint density at radius 1 is 0.957 bits per heavy atom. The van der Waals surface area contributed by atoms with Crippen molar-refractivity contribution in [1.82, 2.24) is 15.0 Å². The SMILES string of the molecule is ClC(Cl)(Cl)c1cc(OCBr)c(-c2ncncn2)c(C(Cl)(Cl)Cl)c1. The van der Waals surface area contributed by atoms with Crippen LogP contribution in [0, 0.1) is 0 Å². The van der Waals surface area contributed by atoms with E-state index < -0.39 is 7.59 Å². The van der Waals surface area contributed by atoms with Crippen molar-refractivity contribution in [2.45, 2.75) is 7.59 Å². The lowest BCUT2D eigenvalue weighted by Gasteiger charge is -2.22. The van der Waals surface area contributed by atoms with Crippen LogP contribution in [-0.2, 0) is 7.59 Å². The molecule has 11 heteroatoms. The first-order valence-electron chi connectivity index (χ1n) is 5.78. The van der Waals surface area contributed by atoms with Crippen molar-refractivity contribution in [2.75, 3.05) is 5.52 Å². The summed E-state index contributed by atoms with van der Waals surface area (Å²) < 4.78 is 1.98. The highest BCUT2D eigenvalue weighted by molar-refractivity contribution is 9.09. The second-order valence-electron chi connectivity index (χ2n) is 4.11. The third-order valence-corrected chi connectivity index (χ3v) is 4.16. The molecule has 0 N–H and O–H groups in total. The largest absolute Gasteiger partial charge is 0.482 e. The molecule has 23 heavy (non-hydrogen) atoms. The van der Waals surface area contributed by atoms with Gasteiger partial charge < -0.3 is 4.74 Å². The number of aromatic nitrogens is 3. The minimum Gasteiger partial charge on any atom is -0.482 e. The second kappa shape index (κ2) is 7.65. The fourth-order valence-corrected chi connectivity index (χ4v) is 2.80. The molecule has 0 saturated carbocycles. The molecule has 0 amide bonds. The molecule has 1 aromatic heterocycles. The lowest BCUT2D eigenvalue weighted by molar-refractivity contribution is 0.398. The second-order valence-corrected chi connectivity index (χ2v) is 9.13. The summed E-state index contributed by atoms with van der Waals surface area (Å²) in [5.74, 6) is 0.548. The van der Waals surface area contributed by atoms with Crippen molar-refractivity contribution in [3.05, 3.63) is 35.9 Å². The molecule has 2 aromatic rings. The number of rotatable bonds is 3. The van der Waals surface area contributed by atoms with Gasteiger partial charge in [0.2, 0.25) is 7.59 Å². The van der Waals surface area contributed by atoms with E-state index in [1.165, 1.54) is 24.8 Å². The van der Waals surface area contributed by atoms with E-state index in [2.05, 4.69) is 30.9 Å². The van der Waals surface area contributed by atoms with Crippen molar-refractivity contribution >= 4 is 85.5 Å². The van der Waals surface area contributed by atoms with E-state index in [0.29, 0.717) is 11.3 Å². The summed E-state index contributed by atoms with van der Waals surface area (Å²) >= 11 is 39.2. The Balaban J connectivity index is 2.81. The quantitative estimate of drug-likeness (QED) is 0.491. The van der Waals surface area contributed by atoms with Gasteiger partial charge in [0.1, 0.15) is 23.9 Å². The average Bonchev–Trinajstić information content (AvgIpc) is 2.46. The molecule has 0 aliphatic rings. The van der Waals surface area contributed by atoms with E-state index in [1.54, 1.807) is 0 Å². The van der Waals surface area contributed by atoms with Crippen molar-refractivity contribution in [3.63, 3.8) is 0 Å². The Labute approximate surface area is 170 Å². The number of benzene rings is 1. The van der Waals surface area contributed by atoms with E-state index in [-0.39, 0.29) is 22.5 Å². The van der Waals surface area contributed by atoms with Crippen LogP contribution in [0.4, 0.5) is 0 Å². The summed E-state index contributed by atoms with van der Waals surface area (Å²) in [5.41, 5.74) is 1.02. The normalized spacial score (nSPS) is 12.3. The number of hydrogen-bond acceptors (Lipinski definition) is 4. The minimum atomic E-state index is -1.82. The Hall–Kier alpha value is 0.250. The van der Waals surface area contributed by atoms with Gasteiger partial charge >= 0.3 is 0 Å². The summed E-state index contributed by atoms with van der Waals surface area (Å²) in [4.78, 5) is 11.9. The van der Waals surface area contributed by atoms with Gasteiger partial charge in [-0.1, -0.05) is 69.6 Å². The standard InChI is InChI=1S/C12H6BrCl6N3O/c13-3-23-8-2-6(11(14,15)16)1-7(12(17,18)19)9(8)10-21-4-20-5-22-10/h1-2,4-5H,3H2. The van der Waals surface area contributed by atoms with Crippen LogP contribution in [0.5, 0.6) is 5.75 Å². The summed E-state index contributed by atoms with van der Waals surface area (Å²) in [6, 6.07) is 2.98. The smallest absolute Gasteiger partial charge is 0.216 e. The summed E-state index contributed by atoms with van der Waals surface area (Å²) in [5, 5.41) is 0. The fraction of sp³-hybridized carbons (Fsp3) is 0.250. The molecule has 124 valence electrons. The Morgan fingerprint density at radius 3 is 2.04 bits per heavy atom. The average molecular weight is 501 g/mol. The Bertz CT molecular complexity index is 690. The molecule has 0 aliphatic heterocycles. The zero-order valence-corrected chi connectivity index (χ0v) is 17.0. The summed E-state index contributed by atoms with van der Waals surface area (Å²) in [6.45, 7) is 0. The first kappa shape index (κ1) is 19.6. The third-order valence-electron chi connectivity index (χ3n) is 2.66. The third kappa shape index (κ3) is 4.88. The highest BCUT2D eigenvalue weighted by atomic mass is 79.9. The first-order valence-corrected chi connectivity index (χ1v) is 9.17. The number of ether oxygens (including phenoxy) is 1. The maximum Gasteiger partial charge on any atom is 0.216 e. The molecule has 0 atom stereocenters. The van der Waals surface area contributed by atoms with Gasteiger partial charge in [0, 0.05) is 11.1 Å². The van der Waals surface area contributed by atoms with Crippen LogP contribution in [-0.4, -0.2) is 20.5 Å². The minimum absolute atomic E-state index is 0.160. The highest BCUT2D eigenvalue weighted by Crippen LogP contribution is 2.49. The molecule has 0 saturated heterocycles. The molecule has 0 aliphatic carbocycles. The number of halogens is 7. The lowest BCUT2D eigenvalue weighted by atomic mass is 10.0.